The van der Waals surface area contributed by atoms with E-state index in [1.807, 2.05) is 0 Å². The van der Waals surface area contributed by atoms with Gasteiger partial charge in [-0.05, 0) is 6.92 Å². The van der Waals surface area contributed by atoms with Crippen molar-refractivity contribution in [2.75, 3.05) is 26.2 Å². The van der Waals surface area contributed by atoms with Crippen LogP contribution in [0.3, 0.4) is 0 Å². The van der Waals surface area contributed by atoms with Gasteiger partial charge in [0, 0.05) is 26.2 Å². The monoisotopic (exact) mass is 225 g/mol. The van der Waals surface area contributed by atoms with E-state index in [0.717, 1.165) is 0 Å². The Balaban J connectivity index is 3.45. The van der Waals surface area contributed by atoms with E-state index in [1.54, 1.807) is 13.8 Å². The molecule has 0 saturated carbocycles. The zero-order valence-corrected chi connectivity index (χ0v) is 9.39. The minimum Gasteiger partial charge on any atom is -0.392 e. The molecule has 0 radical (unpaired) electrons. The lowest BCUT2D eigenvalue weighted by Gasteiger charge is -2.08. The Morgan fingerprint density at radius 3 is 2.43 bits per heavy atom. The molecule has 1 unspecified atom stereocenters. The lowest BCUT2D eigenvalue weighted by Crippen LogP contribution is -2.40. The van der Waals surface area contributed by atoms with Gasteiger partial charge in [0.15, 0.2) is 0 Å². The summed E-state index contributed by atoms with van der Waals surface area (Å²) in [5.41, 5.74) is 0. The lowest BCUT2D eigenvalue weighted by molar-refractivity contribution is 0.192. The van der Waals surface area contributed by atoms with Gasteiger partial charge in [-0.1, -0.05) is 6.92 Å². The van der Waals surface area contributed by atoms with Gasteiger partial charge in [-0.25, -0.2) is 9.44 Å². The highest BCUT2D eigenvalue weighted by Crippen LogP contribution is 1.76. The maximum Gasteiger partial charge on any atom is 0.276 e. The zero-order chi connectivity index (χ0) is 11.0. The van der Waals surface area contributed by atoms with Crippen molar-refractivity contribution in [3.63, 3.8) is 0 Å². The molecule has 86 valence electrons. The first kappa shape index (κ1) is 13.8. The van der Waals surface area contributed by atoms with E-state index in [-0.39, 0.29) is 0 Å². The molecule has 0 aliphatic heterocycles. The third-order valence-corrected chi connectivity index (χ3v) is 2.62. The van der Waals surface area contributed by atoms with Crippen LogP contribution in [0.4, 0.5) is 0 Å². The Labute approximate surface area is 85.3 Å². The SMILES string of the molecule is CCNS(=O)(=O)NCCNCC(C)O. The molecule has 1 atom stereocenters. The Morgan fingerprint density at radius 2 is 1.93 bits per heavy atom. The van der Waals surface area contributed by atoms with Crippen LogP contribution in [0.15, 0.2) is 0 Å². The molecule has 0 aromatic rings. The van der Waals surface area contributed by atoms with Gasteiger partial charge in [-0.3, -0.25) is 0 Å². The summed E-state index contributed by atoms with van der Waals surface area (Å²) < 4.78 is 26.7. The minimum atomic E-state index is -3.33. The number of aliphatic hydroxyl groups is 1. The first-order valence-electron chi connectivity index (χ1n) is 4.61. The second-order valence-corrected chi connectivity index (χ2v) is 4.53. The van der Waals surface area contributed by atoms with Crippen molar-refractivity contribution in [3.05, 3.63) is 0 Å². The standard InChI is InChI=1S/C7H19N3O3S/c1-3-9-14(12,13)10-5-4-8-6-7(2)11/h7-11H,3-6H2,1-2H3. The van der Waals surface area contributed by atoms with Crippen LogP contribution in [0.5, 0.6) is 0 Å². The second kappa shape index (κ2) is 7.13. The average molecular weight is 225 g/mol. The molecule has 14 heavy (non-hydrogen) atoms. The predicted octanol–water partition coefficient (Wildman–Crippen LogP) is -1.60. The summed E-state index contributed by atoms with van der Waals surface area (Å²) in [6.07, 6.45) is -0.416. The van der Waals surface area contributed by atoms with E-state index >= 15 is 0 Å². The zero-order valence-electron chi connectivity index (χ0n) is 8.58. The first-order valence-corrected chi connectivity index (χ1v) is 6.09. The van der Waals surface area contributed by atoms with Gasteiger partial charge < -0.3 is 10.4 Å². The van der Waals surface area contributed by atoms with Crippen LogP contribution < -0.4 is 14.8 Å². The largest absolute Gasteiger partial charge is 0.392 e. The number of rotatable bonds is 8. The molecule has 0 aromatic carbocycles. The lowest BCUT2D eigenvalue weighted by atomic mass is 10.4. The molecular formula is C7H19N3O3S. The molecule has 0 aliphatic carbocycles. The summed E-state index contributed by atoms with van der Waals surface area (Å²) in [6, 6.07) is 0. The van der Waals surface area contributed by atoms with E-state index in [1.165, 1.54) is 0 Å². The Hall–Kier alpha value is -0.210. The fourth-order valence-electron chi connectivity index (χ4n) is 0.826. The molecule has 4 N–H and O–H groups in total. The summed E-state index contributed by atoms with van der Waals surface area (Å²) in [4.78, 5) is 0. The maximum atomic E-state index is 11.0. The topological polar surface area (TPSA) is 90.5 Å². The third kappa shape index (κ3) is 8.39. The molecule has 0 heterocycles. The molecule has 7 heteroatoms. The highest BCUT2D eigenvalue weighted by atomic mass is 32.2. The highest BCUT2D eigenvalue weighted by molar-refractivity contribution is 7.87. The third-order valence-electron chi connectivity index (χ3n) is 1.37. The summed E-state index contributed by atoms with van der Waals surface area (Å²) in [7, 11) is -3.33. The molecule has 0 amide bonds. The van der Waals surface area contributed by atoms with Gasteiger partial charge in [0.1, 0.15) is 0 Å². The molecule has 0 saturated heterocycles. The van der Waals surface area contributed by atoms with Crippen LogP contribution >= 0.6 is 0 Å². The molecule has 0 rings (SSSR count). The van der Waals surface area contributed by atoms with Gasteiger partial charge >= 0.3 is 0 Å². The number of hydrogen-bond donors (Lipinski definition) is 4. The summed E-state index contributed by atoms with van der Waals surface area (Å²) in [5, 5.41) is 11.8. The van der Waals surface area contributed by atoms with Crippen LogP contribution in [0, 0.1) is 0 Å². The summed E-state index contributed by atoms with van der Waals surface area (Å²) in [5.74, 6) is 0. The highest BCUT2D eigenvalue weighted by Gasteiger charge is 2.05. The van der Waals surface area contributed by atoms with Crippen LogP contribution in [0.2, 0.25) is 0 Å². The molecule has 0 bridgehead atoms. The molecule has 0 fully saturated rings. The van der Waals surface area contributed by atoms with Gasteiger partial charge in [0.05, 0.1) is 6.10 Å². The van der Waals surface area contributed by atoms with Crippen molar-refractivity contribution in [1.29, 1.82) is 0 Å². The molecule has 6 nitrogen and oxygen atoms in total. The molecule has 0 aliphatic rings. The molecule has 0 aromatic heterocycles. The van der Waals surface area contributed by atoms with E-state index in [0.29, 0.717) is 26.2 Å². The van der Waals surface area contributed by atoms with Crippen molar-refractivity contribution < 1.29 is 13.5 Å². The van der Waals surface area contributed by atoms with Gasteiger partial charge in [0.2, 0.25) is 0 Å². The van der Waals surface area contributed by atoms with Crippen LogP contribution in [0.25, 0.3) is 0 Å². The van der Waals surface area contributed by atoms with Crippen molar-refractivity contribution in [3.8, 4) is 0 Å². The van der Waals surface area contributed by atoms with Crippen molar-refractivity contribution in [2.45, 2.75) is 20.0 Å². The van der Waals surface area contributed by atoms with Crippen LogP contribution in [0.1, 0.15) is 13.8 Å². The van der Waals surface area contributed by atoms with E-state index < -0.39 is 16.3 Å². The Kier molecular flexibility index (Phi) is 7.02. The predicted molar refractivity (Wildman–Crippen MR) is 55.1 cm³/mol. The molecular weight excluding hydrogens is 206 g/mol. The van der Waals surface area contributed by atoms with Crippen molar-refractivity contribution in [1.82, 2.24) is 14.8 Å². The minimum absolute atomic E-state index is 0.308. The fraction of sp³-hybridized carbons (Fsp3) is 1.00. The summed E-state index contributed by atoms with van der Waals surface area (Å²) in [6.45, 7) is 5.01. The van der Waals surface area contributed by atoms with Gasteiger partial charge in [-0.2, -0.15) is 8.42 Å². The smallest absolute Gasteiger partial charge is 0.276 e. The quantitative estimate of drug-likeness (QED) is 0.375. The Morgan fingerprint density at radius 1 is 1.29 bits per heavy atom. The number of nitrogens with one attached hydrogen (secondary N) is 3. The fourth-order valence-corrected chi connectivity index (χ4v) is 1.68. The normalized spacial score (nSPS) is 14.2. The van der Waals surface area contributed by atoms with Crippen LogP contribution in [-0.2, 0) is 10.2 Å². The van der Waals surface area contributed by atoms with Gasteiger partial charge in [0.25, 0.3) is 10.2 Å². The van der Waals surface area contributed by atoms with E-state index in [2.05, 4.69) is 14.8 Å². The van der Waals surface area contributed by atoms with Crippen molar-refractivity contribution >= 4 is 10.2 Å². The first-order chi connectivity index (χ1) is 6.48. The van der Waals surface area contributed by atoms with E-state index in [4.69, 9.17) is 5.11 Å². The molecule has 0 spiro atoms. The van der Waals surface area contributed by atoms with Crippen LogP contribution in [-0.4, -0.2) is 45.8 Å². The summed E-state index contributed by atoms with van der Waals surface area (Å²) >= 11 is 0. The Bertz CT molecular complexity index is 228. The van der Waals surface area contributed by atoms with Crippen molar-refractivity contribution in [2.24, 2.45) is 0 Å². The average Bonchev–Trinajstić information content (AvgIpc) is 2.02. The van der Waals surface area contributed by atoms with E-state index in [9.17, 15) is 8.42 Å². The number of aliphatic hydroxyl groups excluding tert-OH is 1. The maximum absolute atomic E-state index is 11.0. The number of hydrogen-bond acceptors (Lipinski definition) is 4. The second-order valence-electron chi connectivity index (χ2n) is 2.95. The van der Waals surface area contributed by atoms with Gasteiger partial charge in [-0.15, -0.1) is 0 Å².